The number of aromatic nitrogens is 2. The molecule has 0 amide bonds. The monoisotopic (exact) mass is 322 g/mol. The van der Waals surface area contributed by atoms with Gasteiger partial charge in [0.2, 0.25) is 5.95 Å². The Labute approximate surface area is 133 Å². The van der Waals surface area contributed by atoms with Crippen LogP contribution in [-0.4, -0.2) is 9.97 Å². The zero-order valence-corrected chi connectivity index (χ0v) is 13.0. The third-order valence-electron chi connectivity index (χ3n) is 3.87. The van der Waals surface area contributed by atoms with Crippen molar-refractivity contribution in [1.82, 2.24) is 9.97 Å². The lowest BCUT2D eigenvalue weighted by atomic mass is 9.83. The Balaban J connectivity index is 1.80. The first kappa shape index (κ1) is 14.4. The summed E-state index contributed by atoms with van der Waals surface area (Å²) in [5.74, 6) is 1.25. The van der Waals surface area contributed by atoms with E-state index in [9.17, 15) is 0 Å². The van der Waals surface area contributed by atoms with Gasteiger partial charge in [-0.05, 0) is 55.4 Å². The molecule has 3 rings (SSSR count). The molecule has 0 bridgehead atoms. The van der Waals surface area contributed by atoms with Crippen LogP contribution in [0.15, 0.2) is 18.2 Å². The van der Waals surface area contributed by atoms with Crippen molar-refractivity contribution in [3.05, 3.63) is 45.1 Å². The summed E-state index contributed by atoms with van der Waals surface area (Å²) >= 11 is 12.1. The van der Waals surface area contributed by atoms with Crippen molar-refractivity contribution < 1.29 is 0 Å². The second-order valence-electron chi connectivity index (χ2n) is 5.48. The number of aryl methyl sites for hydroxylation is 1. The normalized spacial score (nSPS) is 17.5. The number of halogens is 2. The first-order valence-corrected chi connectivity index (χ1v) is 7.62. The predicted octanol–water partition coefficient (Wildman–Crippen LogP) is 3.30. The van der Waals surface area contributed by atoms with E-state index in [1.807, 2.05) is 12.1 Å². The smallest absolute Gasteiger partial charge is 0.222 e. The van der Waals surface area contributed by atoms with Crippen LogP contribution in [0.4, 0.5) is 11.8 Å². The minimum atomic E-state index is 0.256. The molecular formula is C15H16Cl2N4. The summed E-state index contributed by atoms with van der Waals surface area (Å²) in [6.07, 6.45) is 3.72. The molecule has 0 aliphatic heterocycles. The van der Waals surface area contributed by atoms with Crippen LogP contribution >= 0.6 is 23.2 Å². The molecule has 1 aliphatic rings. The average Bonchev–Trinajstić information content (AvgIpc) is 2.38. The highest BCUT2D eigenvalue weighted by molar-refractivity contribution is 6.34. The molecule has 1 aliphatic carbocycles. The first-order chi connectivity index (χ1) is 10.0. The minimum absolute atomic E-state index is 0.256. The quantitative estimate of drug-likeness (QED) is 0.889. The van der Waals surface area contributed by atoms with Crippen LogP contribution in [0.5, 0.6) is 0 Å². The van der Waals surface area contributed by atoms with E-state index in [2.05, 4.69) is 9.97 Å². The van der Waals surface area contributed by atoms with Gasteiger partial charge in [0.25, 0.3) is 0 Å². The van der Waals surface area contributed by atoms with Crippen LogP contribution in [-0.2, 0) is 19.3 Å². The van der Waals surface area contributed by atoms with Gasteiger partial charge in [0.15, 0.2) is 0 Å². The van der Waals surface area contributed by atoms with Crippen molar-refractivity contribution in [2.75, 3.05) is 11.5 Å². The van der Waals surface area contributed by atoms with Gasteiger partial charge in [-0.3, -0.25) is 0 Å². The van der Waals surface area contributed by atoms with Crippen LogP contribution in [0.2, 0.25) is 10.0 Å². The molecule has 2 aromatic rings. The molecule has 0 saturated carbocycles. The molecule has 0 spiro atoms. The molecule has 1 heterocycles. The van der Waals surface area contributed by atoms with Crippen molar-refractivity contribution >= 4 is 35.0 Å². The van der Waals surface area contributed by atoms with Crippen molar-refractivity contribution in [2.45, 2.75) is 25.7 Å². The Bertz CT molecular complexity index is 667. The summed E-state index contributed by atoms with van der Waals surface area (Å²) in [5.41, 5.74) is 14.8. The standard InChI is InChI=1S/C15H16Cl2N4/c16-10-4-9(5-11(17)7-10)3-8-1-2-13-12(6-8)14(18)21-15(19)20-13/h4-5,7-8H,1-3,6H2,(H4,18,19,20,21). The van der Waals surface area contributed by atoms with Crippen LogP contribution in [0.1, 0.15) is 23.2 Å². The highest BCUT2D eigenvalue weighted by Gasteiger charge is 2.23. The Morgan fingerprint density at radius 1 is 1.10 bits per heavy atom. The first-order valence-electron chi connectivity index (χ1n) is 6.87. The van der Waals surface area contributed by atoms with Gasteiger partial charge in [0, 0.05) is 15.6 Å². The van der Waals surface area contributed by atoms with Crippen molar-refractivity contribution in [3.63, 3.8) is 0 Å². The van der Waals surface area contributed by atoms with E-state index in [1.165, 1.54) is 0 Å². The largest absolute Gasteiger partial charge is 0.383 e. The Morgan fingerprint density at radius 3 is 2.52 bits per heavy atom. The third kappa shape index (κ3) is 3.22. The lowest BCUT2D eigenvalue weighted by Crippen LogP contribution is -2.20. The van der Waals surface area contributed by atoms with Crippen LogP contribution in [0, 0.1) is 5.92 Å². The number of nitrogen functional groups attached to an aromatic ring is 2. The summed E-state index contributed by atoms with van der Waals surface area (Å²) in [4.78, 5) is 8.35. The molecule has 0 saturated heterocycles. The molecule has 1 aromatic carbocycles. The average molecular weight is 323 g/mol. The summed E-state index contributed by atoms with van der Waals surface area (Å²) in [5, 5.41) is 1.34. The maximum atomic E-state index is 6.05. The molecule has 4 nitrogen and oxygen atoms in total. The SMILES string of the molecule is Nc1nc(N)c2c(n1)CCC(Cc1cc(Cl)cc(Cl)c1)C2. The Morgan fingerprint density at radius 2 is 1.81 bits per heavy atom. The highest BCUT2D eigenvalue weighted by atomic mass is 35.5. The van der Waals surface area contributed by atoms with Gasteiger partial charge in [0.1, 0.15) is 5.82 Å². The van der Waals surface area contributed by atoms with Crippen LogP contribution in [0.25, 0.3) is 0 Å². The zero-order valence-electron chi connectivity index (χ0n) is 11.4. The molecule has 1 aromatic heterocycles. The molecule has 110 valence electrons. The maximum Gasteiger partial charge on any atom is 0.222 e. The van der Waals surface area contributed by atoms with Gasteiger partial charge in [-0.25, -0.2) is 4.98 Å². The number of benzene rings is 1. The van der Waals surface area contributed by atoms with Gasteiger partial charge in [-0.2, -0.15) is 4.98 Å². The van der Waals surface area contributed by atoms with Crippen LogP contribution in [0.3, 0.4) is 0 Å². The van der Waals surface area contributed by atoms with E-state index < -0.39 is 0 Å². The summed E-state index contributed by atoms with van der Waals surface area (Å²) in [7, 11) is 0. The lowest BCUT2D eigenvalue weighted by molar-refractivity contribution is 0.450. The van der Waals surface area contributed by atoms with Crippen LogP contribution < -0.4 is 11.5 Å². The molecular weight excluding hydrogens is 307 g/mol. The number of rotatable bonds is 2. The fourth-order valence-electron chi connectivity index (χ4n) is 2.97. The highest BCUT2D eigenvalue weighted by Crippen LogP contribution is 2.31. The van der Waals surface area contributed by atoms with Crippen molar-refractivity contribution in [2.24, 2.45) is 5.92 Å². The number of hydrogen-bond donors (Lipinski definition) is 2. The van der Waals surface area contributed by atoms with E-state index in [-0.39, 0.29) is 5.95 Å². The molecule has 1 atom stereocenters. The number of nitrogens with zero attached hydrogens (tertiary/aromatic N) is 2. The molecule has 0 radical (unpaired) electrons. The second-order valence-corrected chi connectivity index (χ2v) is 6.36. The number of nitrogens with two attached hydrogens (primary N) is 2. The van der Waals surface area contributed by atoms with E-state index in [4.69, 9.17) is 34.7 Å². The minimum Gasteiger partial charge on any atom is -0.383 e. The van der Waals surface area contributed by atoms with Gasteiger partial charge in [-0.1, -0.05) is 23.2 Å². The fourth-order valence-corrected chi connectivity index (χ4v) is 3.54. The van der Waals surface area contributed by atoms with Gasteiger partial charge in [0.05, 0.1) is 5.69 Å². The van der Waals surface area contributed by atoms with Crippen molar-refractivity contribution in [3.8, 4) is 0 Å². The predicted molar refractivity (Wildman–Crippen MR) is 86.5 cm³/mol. The van der Waals surface area contributed by atoms with E-state index >= 15 is 0 Å². The van der Waals surface area contributed by atoms with Crippen molar-refractivity contribution in [1.29, 1.82) is 0 Å². The van der Waals surface area contributed by atoms with Gasteiger partial charge >= 0.3 is 0 Å². The summed E-state index contributed by atoms with van der Waals surface area (Å²) < 4.78 is 0. The number of anilines is 2. The molecule has 1 unspecified atom stereocenters. The Hall–Kier alpha value is -1.52. The topological polar surface area (TPSA) is 77.8 Å². The summed E-state index contributed by atoms with van der Waals surface area (Å²) in [6.45, 7) is 0. The van der Waals surface area contributed by atoms with Gasteiger partial charge < -0.3 is 11.5 Å². The third-order valence-corrected chi connectivity index (χ3v) is 4.31. The molecule has 6 heteroatoms. The van der Waals surface area contributed by atoms with E-state index in [1.54, 1.807) is 6.07 Å². The van der Waals surface area contributed by atoms with E-state index in [0.29, 0.717) is 21.8 Å². The molecule has 0 fully saturated rings. The van der Waals surface area contributed by atoms with E-state index in [0.717, 1.165) is 42.5 Å². The molecule has 4 N–H and O–H groups in total. The lowest BCUT2D eigenvalue weighted by Gasteiger charge is -2.25. The maximum absolute atomic E-state index is 6.05. The molecule has 21 heavy (non-hydrogen) atoms. The zero-order chi connectivity index (χ0) is 15.0. The van der Waals surface area contributed by atoms with Gasteiger partial charge in [-0.15, -0.1) is 0 Å². The Kier molecular flexibility index (Phi) is 3.91. The number of fused-ring (bicyclic) bond motifs is 1. The number of hydrogen-bond acceptors (Lipinski definition) is 4. The second kappa shape index (κ2) is 5.70. The fraction of sp³-hybridized carbons (Fsp3) is 0.333. The summed E-state index contributed by atoms with van der Waals surface area (Å²) in [6, 6.07) is 5.68.